The van der Waals surface area contributed by atoms with E-state index in [-0.39, 0.29) is 18.1 Å². The average molecular weight is 289 g/mol. The van der Waals surface area contributed by atoms with Crippen LogP contribution in [0.1, 0.15) is 18.9 Å². The molecule has 0 radical (unpaired) electrons. The van der Waals surface area contributed by atoms with Gasteiger partial charge in [0.2, 0.25) is 5.91 Å². The van der Waals surface area contributed by atoms with Gasteiger partial charge in [0.15, 0.2) is 0 Å². The van der Waals surface area contributed by atoms with Crippen LogP contribution in [0.4, 0.5) is 0 Å². The number of hydrogen-bond donors (Lipinski definition) is 0. The maximum absolute atomic E-state index is 12.6. The molecule has 0 spiro atoms. The zero-order chi connectivity index (χ0) is 14.7. The molecule has 1 amide bonds. The predicted molar refractivity (Wildman–Crippen MR) is 79.9 cm³/mol. The van der Waals surface area contributed by atoms with Crippen molar-refractivity contribution in [3.63, 3.8) is 0 Å². The summed E-state index contributed by atoms with van der Waals surface area (Å²) in [5.74, 6) is 0.200. The van der Waals surface area contributed by atoms with E-state index >= 15 is 0 Å². The number of carbonyl (C=O) groups excluding carboxylic acids is 1. The SMILES string of the molecule is CCN1CC[C@H]2[C@@H](C1)OCCN2C(=O)Cc1cccnc1. The Bertz CT molecular complexity index is 480. The van der Waals surface area contributed by atoms with E-state index in [4.69, 9.17) is 4.74 Å². The van der Waals surface area contributed by atoms with Crippen LogP contribution in [-0.2, 0) is 16.0 Å². The van der Waals surface area contributed by atoms with Crippen LogP contribution in [-0.4, -0.2) is 65.6 Å². The number of likely N-dealkylation sites (N-methyl/N-ethyl adjacent to an activating group) is 1. The van der Waals surface area contributed by atoms with Crippen molar-refractivity contribution in [2.24, 2.45) is 0 Å². The molecule has 0 aromatic carbocycles. The molecule has 0 unspecified atom stereocenters. The number of hydrogen-bond acceptors (Lipinski definition) is 4. The number of nitrogens with zero attached hydrogens (tertiary/aromatic N) is 3. The second kappa shape index (κ2) is 6.54. The summed E-state index contributed by atoms with van der Waals surface area (Å²) in [5.41, 5.74) is 0.983. The predicted octanol–water partition coefficient (Wildman–Crippen LogP) is 0.946. The number of ether oxygens (including phenoxy) is 1. The molecule has 3 rings (SSSR count). The Morgan fingerprint density at radius 3 is 3.14 bits per heavy atom. The van der Waals surface area contributed by atoms with Crippen molar-refractivity contribution < 1.29 is 9.53 Å². The summed E-state index contributed by atoms with van der Waals surface area (Å²) in [6.07, 6.45) is 5.13. The number of rotatable bonds is 3. The van der Waals surface area contributed by atoms with Gasteiger partial charge in [-0.3, -0.25) is 9.78 Å². The number of amides is 1. The molecule has 1 aromatic heterocycles. The number of aromatic nitrogens is 1. The lowest BCUT2D eigenvalue weighted by Gasteiger charge is -2.46. The zero-order valence-electron chi connectivity index (χ0n) is 12.6. The Morgan fingerprint density at radius 2 is 2.38 bits per heavy atom. The summed E-state index contributed by atoms with van der Waals surface area (Å²) < 4.78 is 5.90. The summed E-state index contributed by atoms with van der Waals surface area (Å²) in [6, 6.07) is 4.08. The first kappa shape index (κ1) is 14.5. The Labute approximate surface area is 125 Å². The third-order valence-electron chi connectivity index (χ3n) is 4.52. The lowest BCUT2D eigenvalue weighted by molar-refractivity contribution is -0.151. The van der Waals surface area contributed by atoms with Gasteiger partial charge >= 0.3 is 0 Å². The van der Waals surface area contributed by atoms with E-state index in [1.54, 1.807) is 12.4 Å². The van der Waals surface area contributed by atoms with E-state index in [1.165, 1.54) is 0 Å². The minimum atomic E-state index is 0.172. The fourth-order valence-electron chi connectivity index (χ4n) is 3.33. The van der Waals surface area contributed by atoms with Gasteiger partial charge in [-0.15, -0.1) is 0 Å². The van der Waals surface area contributed by atoms with Crippen molar-refractivity contribution in [2.75, 3.05) is 32.8 Å². The van der Waals surface area contributed by atoms with Gasteiger partial charge in [0, 0.05) is 32.0 Å². The molecule has 21 heavy (non-hydrogen) atoms. The molecule has 0 bridgehead atoms. The topological polar surface area (TPSA) is 45.7 Å². The first-order valence-electron chi connectivity index (χ1n) is 7.80. The number of morpholine rings is 1. The van der Waals surface area contributed by atoms with Crippen LogP contribution in [0.15, 0.2) is 24.5 Å². The molecule has 2 aliphatic heterocycles. The van der Waals surface area contributed by atoms with Gasteiger partial charge in [0.1, 0.15) is 0 Å². The third kappa shape index (κ3) is 3.24. The Hall–Kier alpha value is -1.46. The van der Waals surface area contributed by atoms with Crippen molar-refractivity contribution in [3.8, 4) is 0 Å². The molecular weight excluding hydrogens is 266 g/mol. The zero-order valence-corrected chi connectivity index (χ0v) is 12.6. The van der Waals surface area contributed by atoms with Gasteiger partial charge in [-0.1, -0.05) is 13.0 Å². The quantitative estimate of drug-likeness (QED) is 0.831. The molecule has 2 aliphatic rings. The molecule has 114 valence electrons. The molecule has 3 heterocycles. The molecule has 5 nitrogen and oxygen atoms in total. The van der Waals surface area contributed by atoms with Crippen molar-refractivity contribution >= 4 is 5.91 Å². The molecule has 2 fully saturated rings. The van der Waals surface area contributed by atoms with Gasteiger partial charge in [-0.2, -0.15) is 0 Å². The first-order valence-corrected chi connectivity index (χ1v) is 7.80. The Morgan fingerprint density at radius 1 is 1.48 bits per heavy atom. The standard InChI is InChI=1S/C16H23N3O2/c1-2-18-7-5-14-15(12-18)21-9-8-19(14)16(20)10-13-4-3-6-17-11-13/h3-4,6,11,14-15H,2,5,7-10,12H2,1H3/t14-,15+/m0/s1. The minimum Gasteiger partial charge on any atom is -0.373 e. The molecule has 0 N–H and O–H groups in total. The van der Waals surface area contributed by atoms with E-state index in [9.17, 15) is 4.79 Å². The molecule has 0 aliphatic carbocycles. The fourth-order valence-corrected chi connectivity index (χ4v) is 3.33. The second-order valence-electron chi connectivity index (χ2n) is 5.78. The van der Waals surface area contributed by atoms with Crippen LogP contribution < -0.4 is 0 Å². The van der Waals surface area contributed by atoms with Crippen molar-refractivity contribution in [2.45, 2.75) is 31.9 Å². The monoisotopic (exact) mass is 289 g/mol. The third-order valence-corrected chi connectivity index (χ3v) is 4.52. The summed E-state index contributed by atoms with van der Waals surface area (Å²) in [7, 11) is 0. The van der Waals surface area contributed by atoms with Crippen molar-refractivity contribution in [3.05, 3.63) is 30.1 Å². The van der Waals surface area contributed by atoms with Crippen LogP contribution in [0.5, 0.6) is 0 Å². The number of piperidine rings is 1. The van der Waals surface area contributed by atoms with Crippen LogP contribution in [0, 0.1) is 0 Å². The summed E-state index contributed by atoms with van der Waals surface area (Å²) in [5, 5.41) is 0. The van der Waals surface area contributed by atoms with Crippen LogP contribution in [0.2, 0.25) is 0 Å². The highest BCUT2D eigenvalue weighted by molar-refractivity contribution is 5.79. The number of likely N-dealkylation sites (tertiary alicyclic amines) is 1. The largest absolute Gasteiger partial charge is 0.373 e. The minimum absolute atomic E-state index is 0.172. The summed E-state index contributed by atoms with van der Waals surface area (Å²) in [4.78, 5) is 21.1. The second-order valence-corrected chi connectivity index (χ2v) is 5.78. The number of carbonyl (C=O) groups is 1. The highest BCUT2D eigenvalue weighted by Crippen LogP contribution is 2.23. The van der Waals surface area contributed by atoms with Gasteiger partial charge in [0.05, 0.1) is 25.2 Å². The van der Waals surface area contributed by atoms with E-state index in [0.717, 1.165) is 31.6 Å². The average Bonchev–Trinajstić information content (AvgIpc) is 2.54. The summed E-state index contributed by atoms with van der Waals surface area (Å²) >= 11 is 0. The Balaban J connectivity index is 1.66. The molecule has 2 atom stereocenters. The van der Waals surface area contributed by atoms with E-state index in [1.807, 2.05) is 17.0 Å². The van der Waals surface area contributed by atoms with E-state index in [0.29, 0.717) is 19.6 Å². The van der Waals surface area contributed by atoms with Gasteiger partial charge in [-0.25, -0.2) is 0 Å². The lowest BCUT2D eigenvalue weighted by atomic mass is 9.97. The summed E-state index contributed by atoms with van der Waals surface area (Å²) in [6.45, 7) is 6.59. The van der Waals surface area contributed by atoms with Gasteiger partial charge < -0.3 is 14.5 Å². The lowest BCUT2D eigenvalue weighted by Crippen LogP contribution is -2.60. The van der Waals surface area contributed by atoms with Gasteiger partial charge in [0.25, 0.3) is 0 Å². The molecular formula is C16H23N3O2. The van der Waals surface area contributed by atoms with Crippen LogP contribution in [0.25, 0.3) is 0 Å². The maximum atomic E-state index is 12.6. The number of pyridine rings is 1. The normalized spacial score (nSPS) is 26.4. The molecule has 5 heteroatoms. The van der Waals surface area contributed by atoms with E-state index in [2.05, 4.69) is 16.8 Å². The Kier molecular flexibility index (Phi) is 4.51. The maximum Gasteiger partial charge on any atom is 0.227 e. The molecule has 2 saturated heterocycles. The first-order chi connectivity index (χ1) is 10.3. The van der Waals surface area contributed by atoms with Crippen LogP contribution in [0.3, 0.4) is 0 Å². The number of fused-ring (bicyclic) bond motifs is 1. The fraction of sp³-hybridized carbons (Fsp3) is 0.625. The highest BCUT2D eigenvalue weighted by Gasteiger charge is 2.38. The van der Waals surface area contributed by atoms with Crippen molar-refractivity contribution in [1.29, 1.82) is 0 Å². The van der Waals surface area contributed by atoms with E-state index < -0.39 is 0 Å². The van der Waals surface area contributed by atoms with Gasteiger partial charge in [-0.05, 0) is 24.6 Å². The highest BCUT2D eigenvalue weighted by atomic mass is 16.5. The van der Waals surface area contributed by atoms with Crippen molar-refractivity contribution in [1.82, 2.24) is 14.8 Å². The molecule has 0 saturated carbocycles. The molecule has 1 aromatic rings. The van der Waals surface area contributed by atoms with Crippen LogP contribution >= 0.6 is 0 Å². The smallest absolute Gasteiger partial charge is 0.227 e.